The van der Waals surface area contributed by atoms with Crippen LogP contribution in [0.5, 0.6) is 0 Å². The minimum atomic E-state index is -3.52. The summed E-state index contributed by atoms with van der Waals surface area (Å²) in [6.45, 7) is 1.11. The van der Waals surface area contributed by atoms with E-state index in [1.54, 1.807) is 19.2 Å². The monoisotopic (exact) mass is 362 g/mol. The topological polar surface area (TPSA) is 81.4 Å². The fourth-order valence-corrected chi connectivity index (χ4v) is 4.32. The van der Waals surface area contributed by atoms with E-state index in [0.717, 1.165) is 19.3 Å². The lowest BCUT2D eigenvalue weighted by atomic mass is 10.0. The summed E-state index contributed by atoms with van der Waals surface area (Å²) >= 11 is 3.24. The fraction of sp³-hybridized carbons (Fsp3) is 0.538. The first-order valence-corrected chi connectivity index (χ1v) is 8.70. The van der Waals surface area contributed by atoms with Crippen molar-refractivity contribution in [2.24, 2.45) is 5.41 Å². The lowest BCUT2D eigenvalue weighted by molar-refractivity contribution is 0.173. The number of methoxy groups -OCH3 is 1. The van der Waals surface area contributed by atoms with E-state index in [1.807, 2.05) is 0 Å². The molecule has 112 valence electrons. The first-order valence-electron chi connectivity index (χ1n) is 6.42. The summed E-state index contributed by atoms with van der Waals surface area (Å²) in [7, 11) is -1.86. The number of halogens is 1. The van der Waals surface area contributed by atoms with Crippen LogP contribution in [0.15, 0.2) is 27.6 Å². The van der Waals surface area contributed by atoms with Gasteiger partial charge in [-0.25, -0.2) is 13.1 Å². The molecule has 7 heteroatoms. The average molecular weight is 363 g/mol. The highest BCUT2D eigenvalue weighted by atomic mass is 79.9. The Morgan fingerprint density at radius 3 is 2.70 bits per heavy atom. The van der Waals surface area contributed by atoms with E-state index in [2.05, 4.69) is 20.7 Å². The summed E-state index contributed by atoms with van der Waals surface area (Å²) in [5.41, 5.74) is 6.22. The van der Waals surface area contributed by atoms with Gasteiger partial charge in [0.05, 0.1) is 4.90 Å². The van der Waals surface area contributed by atoms with E-state index >= 15 is 0 Å². The molecule has 1 aromatic carbocycles. The summed E-state index contributed by atoms with van der Waals surface area (Å²) in [6.07, 6.45) is 2.97. The molecule has 3 N–H and O–H groups in total. The number of nitrogen functional groups attached to an aromatic ring is 1. The predicted octanol–water partition coefficient (Wildman–Crippen LogP) is 2.13. The molecule has 1 aliphatic rings. The number of benzene rings is 1. The van der Waals surface area contributed by atoms with Gasteiger partial charge in [0.2, 0.25) is 10.0 Å². The van der Waals surface area contributed by atoms with Gasteiger partial charge in [0.25, 0.3) is 0 Å². The van der Waals surface area contributed by atoms with Crippen molar-refractivity contribution in [3.05, 3.63) is 22.7 Å². The molecule has 5 nitrogen and oxygen atoms in total. The summed E-state index contributed by atoms with van der Waals surface area (Å²) in [5, 5.41) is 0. The van der Waals surface area contributed by atoms with Crippen LogP contribution < -0.4 is 10.5 Å². The van der Waals surface area contributed by atoms with E-state index in [0.29, 0.717) is 23.3 Å². The average Bonchev–Trinajstić information content (AvgIpc) is 3.14. The Morgan fingerprint density at radius 1 is 1.45 bits per heavy atom. The smallest absolute Gasteiger partial charge is 0.241 e. The second kappa shape index (κ2) is 6.01. The zero-order chi connectivity index (χ0) is 14.8. The standard InChI is InChI=1S/C13H19BrN2O3S/c1-19-7-6-13(4-5-13)9-16-20(17,18)12-3-2-10(15)8-11(12)14/h2-3,8,16H,4-7,9,15H2,1H3. The number of anilines is 1. The normalized spacial score (nSPS) is 17.1. The third-order valence-corrected chi connectivity index (χ3v) is 6.05. The molecule has 2 rings (SSSR count). The molecule has 0 bridgehead atoms. The minimum Gasteiger partial charge on any atom is -0.399 e. The maximum atomic E-state index is 12.3. The summed E-state index contributed by atoms with van der Waals surface area (Å²) in [4.78, 5) is 0.217. The second-order valence-electron chi connectivity index (χ2n) is 5.26. The quantitative estimate of drug-likeness (QED) is 0.728. The second-order valence-corrected chi connectivity index (χ2v) is 7.85. The van der Waals surface area contributed by atoms with Gasteiger partial charge in [-0.1, -0.05) is 0 Å². The molecule has 1 aromatic rings. The Kier molecular flexibility index (Phi) is 4.73. The van der Waals surface area contributed by atoms with Gasteiger partial charge >= 0.3 is 0 Å². The Hall–Kier alpha value is -0.630. The van der Waals surface area contributed by atoms with Crippen LogP contribution in [0.25, 0.3) is 0 Å². The molecule has 1 aliphatic carbocycles. The molecular weight excluding hydrogens is 344 g/mol. The van der Waals surface area contributed by atoms with Gasteiger partial charge in [-0.15, -0.1) is 0 Å². The summed E-state index contributed by atoms with van der Waals surface area (Å²) in [5.74, 6) is 0. The number of ether oxygens (including phenoxy) is 1. The molecule has 0 unspecified atom stereocenters. The first kappa shape index (κ1) is 15.8. The predicted molar refractivity (Wildman–Crippen MR) is 81.9 cm³/mol. The highest BCUT2D eigenvalue weighted by Gasteiger charge is 2.42. The van der Waals surface area contributed by atoms with Crippen molar-refractivity contribution < 1.29 is 13.2 Å². The molecule has 20 heavy (non-hydrogen) atoms. The van der Waals surface area contributed by atoms with Gasteiger partial charge < -0.3 is 10.5 Å². The highest BCUT2D eigenvalue weighted by Crippen LogP contribution is 2.48. The number of hydrogen-bond donors (Lipinski definition) is 2. The van der Waals surface area contributed by atoms with Crippen molar-refractivity contribution in [3.8, 4) is 0 Å². The van der Waals surface area contributed by atoms with Gasteiger partial charge in [-0.05, 0) is 58.8 Å². The Morgan fingerprint density at radius 2 is 2.15 bits per heavy atom. The number of nitrogens with one attached hydrogen (secondary N) is 1. The number of nitrogens with two attached hydrogens (primary N) is 1. The Bertz CT molecular complexity index is 585. The van der Waals surface area contributed by atoms with E-state index in [-0.39, 0.29) is 10.3 Å². The highest BCUT2D eigenvalue weighted by molar-refractivity contribution is 9.10. The molecule has 0 radical (unpaired) electrons. The molecule has 0 atom stereocenters. The molecule has 0 heterocycles. The number of sulfonamides is 1. The van der Waals surface area contributed by atoms with Gasteiger partial charge in [-0.2, -0.15) is 0 Å². The Balaban J connectivity index is 2.04. The van der Waals surface area contributed by atoms with Crippen LogP contribution in [0.1, 0.15) is 19.3 Å². The van der Waals surface area contributed by atoms with Gasteiger partial charge in [0.1, 0.15) is 0 Å². The maximum absolute atomic E-state index is 12.3. The van der Waals surface area contributed by atoms with Crippen LogP contribution in [0, 0.1) is 5.41 Å². The first-order chi connectivity index (χ1) is 9.38. The third-order valence-electron chi connectivity index (χ3n) is 3.68. The van der Waals surface area contributed by atoms with Gasteiger partial charge in [-0.3, -0.25) is 0 Å². The number of hydrogen-bond acceptors (Lipinski definition) is 4. The van der Waals surface area contributed by atoms with Crippen LogP contribution in [-0.2, 0) is 14.8 Å². The number of rotatable bonds is 7. The zero-order valence-electron chi connectivity index (χ0n) is 11.4. The van der Waals surface area contributed by atoms with Crippen molar-refractivity contribution in [1.29, 1.82) is 0 Å². The van der Waals surface area contributed by atoms with Crippen molar-refractivity contribution in [3.63, 3.8) is 0 Å². The van der Waals surface area contributed by atoms with Crippen molar-refractivity contribution >= 4 is 31.6 Å². The van der Waals surface area contributed by atoms with Crippen LogP contribution >= 0.6 is 15.9 Å². The van der Waals surface area contributed by atoms with E-state index in [9.17, 15) is 8.42 Å². The third kappa shape index (κ3) is 3.72. The van der Waals surface area contributed by atoms with Gasteiger partial charge in [0.15, 0.2) is 0 Å². The van der Waals surface area contributed by atoms with Crippen molar-refractivity contribution in [2.75, 3.05) is 26.0 Å². The van der Waals surface area contributed by atoms with Crippen LogP contribution in [-0.4, -0.2) is 28.7 Å². The van der Waals surface area contributed by atoms with Gasteiger partial charge in [0, 0.05) is 30.4 Å². The lowest BCUT2D eigenvalue weighted by Gasteiger charge is -2.16. The summed E-state index contributed by atoms with van der Waals surface area (Å²) in [6, 6.07) is 4.68. The maximum Gasteiger partial charge on any atom is 0.241 e. The van der Waals surface area contributed by atoms with Crippen LogP contribution in [0.2, 0.25) is 0 Å². The molecule has 0 aromatic heterocycles. The van der Waals surface area contributed by atoms with Crippen LogP contribution in [0.3, 0.4) is 0 Å². The van der Waals surface area contributed by atoms with Crippen molar-refractivity contribution in [1.82, 2.24) is 4.72 Å². The fourth-order valence-electron chi connectivity index (χ4n) is 2.07. The molecule has 0 amide bonds. The SMILES string of the molecule is COCCC1(CNS(=O)(=O)c2ccc(N)cc2Br)CC1. The molecule has 0 aliphatic heterocycles. The Labute approximate surface area is 128 Å². The van der Waals surface area contributed by atoms with Crippen LogP contribution in [0.4, 0.5) is 5.69 Å². The largest absolute Gasteiger partial charge is 0.399 e. The van der Waals surface area contributed by atoms with Crippen molar-refractivity contribution in [2.45, 2.75) is 24.2 Å². The van der Waals surface area contributed by atoms with E-state index in [1.165, 1.54) is 6.07 Å². The summed E-state index contributed by atoms with van der Waals surface area (Å²) < 4.78 is 32.8. The zero-order valence-corrected chi connectivity index (χ0v) is 13.8. The molecule has 0 spiro atoms. The van der Waals surface area contributed by atoms with E-state index < -0.39 is 10.0 Å². The molecule has 1 saturated carbocycles. The minimum absolute atomic E-state index is 0.0728. The molecule has 1 fully saturated rings. The lowest BCUT2D eigenvalue weighted by Crippen LogP contribution is -2.31. The molecular formula is C13H19BrN2O3S. The van der Waals surface area contributed by atoms with E-state index in [4.69, 9.17) is 10.5 Å². The molecule has 0 saturated heterocycles.